The van der Waals surface area contributed by atoms with E-state index in [1.54, 1.807) is 14.0 Å². The summed E-state index contributed by atoms with van der Waals surface area (Å²) in [6.07, 6.45) is 1.26. The zero-order valence-electron chi connectivity index (χ0n) is 29.7. The van der Waals surface area contributed by atoms with Crippen LogP contribution in [0.2, 0.25) is 0 Å². The lowest BCUT2D eigenvalue weighted by atomic mass is 10.1. The number of carboxylic acids is 1. The van der Waals surface area contributed by atoms with Gasteiger partial charge in [-0.05, 0) is 60.9 Å². The Balaban J connectivity index is 2.96. The summed E-state index contributed by atoms with van der Waals surface area (Å²) in [6, 6.07) is -8.61. The van der Waals surface area contributed by atoms with Gasteiger partial charge in [0.2, 0.25) is 47.3 Å². The van der Waals surface area contributed by atoms with E-state index in [1.807, 2.05) is 6.92 Å². The van der Waals surface area contributed by atoms with Gasteiger partial charge in [-0.25, -0.2) is 0 Å². The molecular weight excluding hydrogens is 658 g/mol. The highest BCUT2D eigenvalue weighted by Gasteiger charge is 2.40. The smallest absolute Gasteiger partial charge is 0.305 e. The number of carbonyl (C=O) groups is 9. The molecule has 10 N–H and O–H groups in total. The maximum Gasteiger partial charge on any atom is 0.305 e. The first-order valence-corrected chi connectivity index (χ1v) is 16.6. The molecule has 1 heterocycles. The molecule has 0 spiro atoms. The molecule has 1 aliphatic heterocycles. The van der Waals surface area contributed by atoms with Crippen LogP contribution in [0, 0.1) is 0 Å². The summed E-state index contributed by atoms with van der Waals surface area (Å²) in [4.78, 5) is 114. The number of unbranched alkanes of at least 4 members (excludes halogenated alkanes) is 1. The number of amides is 8. The number of carbonyl (C=O) groups excluding carboxylic acids is 8. The molecule has 1 saturated heterocycles. The van der Waals surface area contributed by atoms with E-state index in [-0.39, 0.29) is 19.4 Å². The van der Waals surface area contributed by atoms with Crippen molar-refractivity contribution in [2.24, 2.45) is 5.73 Å². The monoisotopic (exact) mass is 711 g/mol. The van der Waals surface area contributed by atoms with Gasteiger partial charge in [-0.15, -0.1) is 0 Å². The van der Waals surface area contributed by atoms with Crippen LogP contribution in [0.15, 0.2) is 0 Å². The standard InChI is InChI=1S/C31H53N9O10/c1-8-9-11-20(29(48)36-17(4)26(45)34-15(2)24(32)43)38-27(46)19(6)37-30(49)22-12-10-13-40(22)31(50)21(14-23(41)42)39-28(47)18(5)35-25(44)16(3)33-7/h15-22,33H,8-14H2,1-7H3,(H2,32,43)(H,34,45)(H,35,44)(H,36,48)(H,37,49)(H,38,46)(H,39,47)(H,41,42)/t15-,16-,17-,18-,19-,20-,21-,22-/m0/s1. The molecule has 0 aromatic rings. The van der Waals surface area contributed by atoms with E-state index in [9.17, 15) is 48.3 Å². The molecule has 0 aliphatic carbocycles. The zero-order chi connectivity index (χ0) is 38.3. The second-order valence-corrected chi connectivity index (χ2v) is 12.4. The minimum absolute atomic E-state index is 0.0820. The highest BCUT2D eigenvalue weighted by atomic mass is 16.4. The number of hydrogen-bond donors (Lipinski definition) is 9. The largest absolute Gasteiger partial charge is 0.481 e. The van der Waals surface area contributed by atoms with Gasteiger partial charge in [0.15, 0.2) is 0 Å². The molecule has 1 rings (SSSR count). The Morgan fingerprint density at radius 3 is 1.70 bits per heavy atom. The van der Waals surface area contributed by atoms with Crippen LogP contribution in [0.3, 0.4) is 0 Å². The van der Waals surface area contributed by atoms with Crippen LogP contribution in [0.5, 0.6) is 0 Å². The van der Waals surface area contributed by atoms with E-state index < -0.39 is 108 Å². The predicted octanol–water partition coefficient (Wildman–Crippen LogP) is -3.28. The van der Waals surface area contributed by atoms with E-state index in [0.29, 0.717) is 19.3 Å². The average Bonchev–Trinajstić information content (AvgIpc) is 3.55. The third-order valence-corrected chi connectivity index (χ3v) is 8.18. The molecule has 0 aromatic carbocycles. The third kappa shape index (κ3) is 13.6. The van der Waals surface area contributed by atoms with Gasteiger partial charge < -0.3 is 53.0 Å². The van der Waals surface area contributed by atoms with Crippen molar-refractivity contribution in [3.8, 4) is 0 Å². The van der Waals surface area contributed by atoms with Crippen molar-refractivity contribution in [3.63, 3.8) is 0 Å². The molecule has 0 bridgehead atoms. The Hall–Kier alpha value is -4.81. The zero-order valence-corrected chi connectivity index (χ0v) is 29.7. The van der Waals surface area contributed by atoms with Crippen LogP contribution < -0.4 is 43.0 Å². The molecule has 19 nitrogen and oxygen atoms in total. The van der Waals surface area contributed by atoms with Crippen LogP contribution in [0.25, 0.3) is 0 Å². The van der Waals surface area contributed by atoms with Gasteiger partial charge in [0.05, 0.1) is 12.5 Å². The average molecular weight is 712 g/mol. The number of rotatable bonds is 20. The van der Waals surface area contributed by atoms with Crippen molar-refractivity contribution < 1.29 is 48.3 Å². The summed E-state index contributed by atoms with van der Waals surface area (Å²) in [6.45, 7) is 9.07. The van der Waals surface area contributed by atoms with E-state index >= 15 is 0 Å². The Kier molecular flexibility index (Phi) is 17.8. The summed E-state index contributed by atoms with van der Waals surface area (Å²) in [5.41, 5.74) is 5.16. The van der Waals surface area contributed by atoms with Crippen LogP contribution in [-0.2, 0) is 43.2 Å². The molecule has 0 unspecified atom stereocenters. The van der Waals surface area contributed by atoms with Crippen LogP contribution in [0.1, 0.15) is 80.1 Å². The molecule has 19 heteroatoms. The fraction of sp³-hybridized carbons (Fsp3) is 0.710. The van der Waals surface area contributed by atoms with Gasteiger partial charge in [-0.2, -0.15) is 0 Å². The van der Waals surface area contributed by atoms with E-state index in [2.05, 4.69) is 37.2 Å². The molecule has 1 fully saturated rings. The summed E-state index contributed by atoms with van der Waals surface area (Å²) < 4.78 is 0. The van der Waals surface area contributed by atoms with Gasteiger partial charge in [0, 0.05) is 6.54 Å². The highest BCUT2D eigenvalue weighted by molar-refractivity contribution is 5.98. The van der Waals surface area contributed by atoms with E-state index in [0.717, 1.165) is 4.90 Å². The predicted molar refractivity (Wildman–Crippen MR) is 179 cm³/mol. The Labute approximate surface area is 291 Å². The molecule has 0 radical (unpaired) electrons. The lowest BCUT2D eigenvalue weighted by molar-refractivity contribution is -0.146. The van der Waals surface area contributed by atoms with E-state index in [4.69, 9.17) is 5.73 Å². The van der Waals surface area contributed by atoms with Crippen molar-refractivity contribution in [1.82, 2.24) is 42.1 Å². The number of likely N-dealkylation sites (N-methyl/N-ethyl adjacent to an activating group) is 1. The van der Waals surface area contributed by atoms with Crippen molar-refractivity contribution in [3.05, 3.63) is 0 Å². The molecule has 1 aliphatic rings. The number of nitrogens with zero attached hydrogens (tertiary/aromatic N) is 1. The van der Waals surface area contributed by atoms with Gasteiger partial charge in [0.1, 0.15) is 42.3 Å². The molecule has 8 atom stereocenters. The maximum atomic E-state index is 13.5. The first-order valence-electron chi connectivity index (χ1n) is 16.6. The minimum atomic E-state index is -1.54. The number of nitrogens with two attached hydrogens (primary N) is 1. The number of primary amides is 1. The summed E-state index contributed by atoms with van der Waals surface area (Å²) in [7, 11) is 1.55. The minimum Gasteiger partial charge on any atom is -0.481 e. The number of aliphatic carboxylic acids is 1. The number of likely N-dealkylation sites (tertiary alicyclic amines) is 1. The number of carboxylic acid groups (broad SMARTS) is 1. The van der Waals surface area contributed by atoms with Crippen molar-refractivity contribution >= 4 is 53.2 Å². The summed E-state index contributed by atoms with van der Waals surface area (Å²) >= 11 is 0. The van der Waals surface area contributed by atoms with Gasteiger partial charge in [0.25, 0.3) is 0 Å². The Bertz CT molecular complexity index is 1280. The van der Waals surface area contributed by atoms with Crippen molar-refractivity contribution in [2.45, 2.75) is 128 Å². The van der Waals surface area contributed by atoms with Gasteiger partial charge >= 0.3 is 5.97 Å². The quantitative estimate of drug-likeness (QED) is 0.0604. The fourth-order valence-corrected chi connectivity index (χ4v) is 4.85. The molecule has 0 aromatic heterocycles. The molecule has 282 valence electrons. The van der Waals surface area contributed by atoms with E-state index in [1.165, 1.54) is 27.7 Å². The van der Waals surface area contributed by atoms with Crippen LogP contribution >= 0.6 is 0 Å². The molecule has 0 saturated carbocycles. The first kappa shape index (κ1) is 43.2. The van der Waals surface area contributed by atoms with Gasteiger partial charge in [-0.3, -0.25) is 43.2 Å². The Morgan fingerprint density at radius 1 is 0.700 bits per heavy atom. The second kappa shape index (κ2) is 20.6. The van der Waals surface area contributed by atoms with Crippen molar-refractivity contribution in [2.75, 3.05) is 13.6 Å². The highest BCUT2D eigenvalue weighted by Crippen LogP contribution is 2.20. The Morgan fingerprint density at radius 2 is 1.18 bits per heavy atom. The third-order valence-electron chi connectivity index (χ3n) is 8.18. The number of hydrogen-bond acceptors (Lipinski definition) is 10. The molecule has 50 heavy (non-hydrogen) atoms. The lowest BCUT2D eigenvalue weighted by Gasteiger charge is -2.29. The molecule has 8 amide bonds. The fourth-order valence-electron chi connectivity index (χ4n) is 4.85. The molecular formula is C31H53N9O10. The maximum absolute atomic E-state index is 13.5. The lowest BCUT2D eigenvalue weighted by Crippen LogP contribution is -2.59. The summed E-state index contributed by atoms with van der Waals surface area (Å²) in [5.74, 6) is -7.00. The van der Waals surface area contributed by atoms with Crippen LogP contribution in [-0.4, -0.2) is 125 Å². The normalized spacial score (nSPS) is 18.1. The van der Waals surface area contributed by atoms with Crippen LogP contribution in [0.4, 0.5) is 0 Å². The topological polar surface area (TPSA) is 287 Å². The summed E-state index contributed by atoms with van der Waals surface area (Å²) in [5, 5.41) is 27.0. The first-order chi connectivity index (χ1) is 23.3. The van der Waals surface area contributed by atoms with Gasteiger partial charge in [-0.1, -0.05) is 19.8 Å². The van der Waals surface area contributed by atoms with Crippen molar-refractivity contribution in [1.29, 1.82) is 0 Å². The SMILES string of the molecule is CCCC[C@H](NC(=O)[C@H](C)NC(=O)[C@@H]1CCCN1C(=O)[C@H](CC(=O)O)NC(=O)[C@H](C)NC(=O)[C@H](C)NC)C(=O)N[C@@H](C)C(=O)N[C@@H](C)C(N)=O. The number of nitrogens with one attached hydrogen (secondary N) is 7. The second-order valence-electron chi connectivity index (χ2n) is 12.4.